The fourth-order valence-electron chi connectivity index (χ4n) is 3.84. The lowest BCUT2D eigenvalue weighted by atomic mass is 9.88. The van der Waals surface area contributed by atoms with Crippen LogP contribution in [0.4, 0.5) is 0 Å². The van der Waals surface area contributed by atoms with Gasteiger partial charge in [0.25, 0.3) is 0 Å². The normalized spacial score (nSPS) is 17.5. The molecule has 0 N–H and O–H groups in total. The largest absolute Gasteiger partial charge is 0.383 e. The van der Waals surface area contributed by atoms with Crippen LogP contribution in [0.25, 0.3) is 0 Å². The van der Waals surface area contributed by atoms with Crippen molar-refractivity contribution in [1.82, 2.24) is 14.5 Å². The van der Waals surface area contributed by atoms with Gasteiger partial charge >= 0.3 is 0 Å². The number of sulfone groups is 1. The number of nitrogens with zero attached hydrogens (tertiary/aromatic N) is 3. The van der Waals surface area contributed by atoms with Crippen molar-refractivity contribution in [1.29, 1.82) is 0 Å². The van der Waals surface area contributed by atoms with E-state index < -0.39 is 9.84 Å². The van der Waals surface area contributed by atoms with Crippen LogP contribution in [0.5, 0.6) is 0 Å². The first kappa shape index (κ1) is 20.9. The summed E-state index contributed by atoms with van der Waals surface area (Å²) in [6.07, 6.45) is 9.64. The van der Waals surface area contributed by atoms with Crippen molar-refractivity contribution in [2.75, 3.05) is 26.0 Å². The highest BCUT2D eigenvalue weighted by Crippen LogP contribution is 2.37. The molecule has 0 radical (unpaired) electrons. The Kier molecular flexibility index (Phi) is 7.20. The first-order valence-electron chi connectivity index (χ1n) is 9.17. The van der Waals surface area contributed by atoms with Crippen molar-refractivity contribution in [3.63, 3.8) is 0 Å². The van der Waals surface area contributed by atoms with Crippen molar-refractivity contribution in [3.05, 3.63) is 37.2 Å². The van der Waals surface area contributed by atoms with Gasteiger partial charge in [0.15, 0.2) is 0 Å². The van der Waals surface area contributed by atoms with E-state index in [1.807, 2.05) is 12.2 Å². The fourth-order valence-corrected chi connectivity index (χ4v) is 4.85. The summed E-state index contributed by atoms with van der Waals surface area (Å²) in [6.45, 7) is 12.1. The van der Waals surface area contributed by atoms with E-state index in [-0.39, 0.29) is 16.4 Å². The second-order valence-corrected chi connectivity index (χ2v) is 8.99. The molecule has 2 rings (SSSR count). The number of methoxy groups -OCH3 is 1. The molecule has 0 amide bonds. The van der Waals surface area contributed by atoms with Gasteiger partial charge in [0.05, 0.1) is 24.3 Å². The van der Waals surface area contributed by atoms with Crippen molar-refractivity contribution in [3.8, 4) is 0 Å². The summed E-state index contributed by atoms with van der Waals surface area (Å²) >= 11 is 0. The van der Waals surface area contributed by atoms with E-state index in [1.165, 1.54) is 0 Å². The molecule has 7 heteroatoms. The van der Waals surface area contributed by atoms with E-state index in [4.69, 9.17) is 4.74 Å². The van der Waals surface area contributed by atoms with E-state index >= 15 is 0 Å². The molecular weight excluding hydrogens is 350 g/mol. The zero-order valence-electron chi connectivity index (χ0n) is 16.0. The van der Waals surface area contributed by atoms with E-state index in [0.717, 1.165) is 37.9 Å². The predicted molar refractivity (Wildman–Crippen MR) is 104 cm³/mol. The van der Waals surface area contributed by atoms with E-state index in [1.54, 1.807) is 24.8 Å². The van der Waals surface area contributed by atoms with Crippen LogP contribution < -0.4 is 0 Å². The summed E-state index contributed by atoms with van der Waals surface area (Å²) in [5.74, 6) is 0.0387. The number of ether oxygens (including phenoxy) is 1. The summed E-state index contributed by atoms with van der Waals surface area (Å²) in [5, 5.41) is 0.143. The number of hydrogen-bond donors (Lipinski definition) is 0. The summed E-state index contributed by atoms with van der Waals surface area (Å²) in [4.78, 5) is 6.68. The molecular formula is C19H31N3O3S. The molecule has 0 atom stereocenters. The van der Waals surface area contributed by atoms with Crippen molar-refractivity contribution in [2.45, 2.75) is 56.4 Å². The molecule has 1 aromatic heterocycles. The maximum atomic E-state index is 12.4. The summed E-state index contributed by atoms with van der Waals surface area (Å²) in [6, 6.07) is 0. The van der Waals surface area contributed by atoms with Gasteiger partial charge < -0.3 is 9.30 Å². The van der Waals surface area contributed by atoms with Crippen LogP contribution in [-0.4, -0.2) is 54.4 Å². The molecule has 0 aromatic carbocycles. The average molecular weight is 382 g/mol. The number of imidazole rings is 1. The maximum Gasteiger partial charge on any atom is 0.227 e. The minimum absolute atomic E-state index is 0.0175. The van der Waals surface area contributed by atoms with Crippen molar-refractivity contribution in [2.24, 2.45) is 0 Å². The standard InChI is InChI=1S/C19H31N3O3S/c1-5-9-19(10-6-2)11-8-12-21(19)16-17-15-20-18(26(23,24)7-3)22(17)13-14-25-4/h5-6,15H,1-2,7-14,16H2,3-4H3. The second-order valence-electron chi connectivity index (χ2n) is 6.82. The minimum atomic E-state index is -3.38. The zero-order chi connectivity index (χ0) is 19.2. The summed E-state index contributed by atoms with van der Waals surface area (Å²) in [5.41, 5.74) is 0.928. The van der Waals surface area contributed by atoms with Crippen LogP contribution in [-0.2, 0) is 27.7 Å². The Bertz CT molecular complexity index is 714. The predicted octanol–water partition coefficient (Wildman–Crippen LogP) is 2.81. The van der Waals surface area contributed by atoms with Crippen LogP contribution in [0.15, 0.2) is 36.7 Å². The third kappa shape index (κ3) is 4.27. The SMILES string of the molecule is C=CCC1(CC=C)CCCN1Cc1cnc(S(=O)(=O)CC)n1CCOC. The Labute approximate surface area is 157 Å². The third-order valence-electron chi connectivity index (χ3n) is 5.22. The molecule has 2 heterocycles. The van der Waals surface area contributed by atoms with E-state index in [9.17, 15) is 8.42 Å². The lowest BCUT2D eigenvalue weighted by Crippen LogP contribution is -2.43. The molecule has 26 heavy (non-hydrogen) atoms. The van der Waals surface area contributed by atoms with E-state index in [0.29, 0.717) is 19.7 Å². The smallest absolute Gasteiger partial charge is 0.227 e. The Balaban J connectivity index is 2.35. The molecule has 1 fully saturated rings. The van der Waals surface area contributed by atoms with Gasteiger partial charge in [0.1, 0.15) is 0 Å². The van der Waals surface area contributed by atoms with Gasteiger partial charge in [-0.05, 0) is 32.2 Å². The van der Waals surface area contributed by atoms with E-state index in [2.05, 4.69) is 23.0 Å². The van der Waals surface area contributed by atoms with Gasteiger partial charge in [-0.2, -0.15) is 0 Å². The number of rotatable bonds is 11. The highest BCUT2D eigenvalue weighted by atomic mass is 32.2. The van der Waals surface area contributed by atoms with Crippen LogP contribution in [0.3, 0.4) is 0 Å². The van der Waals surface area contributed by atoms with Gasteiger partial charge in [-0.1, -0.05) is 19.1 Å². The van der Waals surface area contributed by atoms with Gasteiger partial charge in [0.2, 0.25) is 15.0 Å². The molecule has 1 saturated heterocycles. The fraction of sp³-hybridized carbons (Fsp3) is 0.632. The molecule has 146 valence electrons. The number of aromatic nitrogens is 2. The highest BCUT2D eigenvalue weighted by molar-refractivity contribution is 7.91. The second kappa shape index (κ2) is 8.97. The molecule has 0 saturated carbocycles. The lowest BCUT2D eigenvalue weighted by molar-refractivity contribution is 0.127. The Hall–Kier alpha value is -1.44. The molecule has 0 aliphatic carbocycles. The zero-order valence-corrected chi connectivity index (χ0v) is 16.8. The Morgan fingerprint density at radius 2 is 2.04 bits per heavy atom. The maximum absolute atomic E-state index is 12.4. The number of likely N-dealkylation sites (tertiary alicyclic amines) is 1. The monoisotopic (exact) mass is 381 g/mol. The molecule has 0 unspecified atom stereocenters. The minimum Gasteiger partial charge on any atom is -0.383 e. The summed E-state index contributed by atoms with van der Waals surface area (Å²) in [7, 11) is -1.76. The number of hydrogen-bond acceptors (Lipinski definition) is 5. The Morgan fingerprint density at radius 3 is 2.62 bits per heavy atom. The van der Waals surface area contributed by atoms with Crippen molar-refractivity contribution < 1.29 is 13.2 Å². The van der Waals surface area contributed by atoms with Gasteiger partial charge in [-0.25, -0.2) is 13.4 Å². The van der Waals surface area contributed by atoms with Gasteiger partial charge in [0, 0.05) is 25.7 Å². The molecule has 1 aromatic rings. The molecule has 1 aliphatic rings. The average Bonchev–Trinajstić information content (AvgIpc) is 3.19. The van der Waals surface area contributed by atoms with Gasteiger partial charge in [-0.15, -0.1) is 13.2 Å². The highest BCUT2D eigenvalue weighted by Gasteiger charge is 2.39. The van der Waals surface area contributed by atoms with Crippen LogP contribution >= 0.6 is 0 Å². The third-order valence-corrected chi connectivity index (χ3v) is 6.86. The first-order valence-corrected chi connectivity index (χ1v) is 10.8. The van der Waals surface area contributed by atoms with Crippen LogP contribution in [0.1, 0.15) is 38.3 Å². The molecule has 0 bridgehead atoms. The van der Waals surface area contributed by atoms with Crippen molar-refractivity contribution >= 4 is 9.84 Å². The topological polar surface area (TPSA) is 64.4 Å². The quantitative estimate of drug-likeness (QED) is 0.552. The molecule has 1 aliphatic heterocycles. The Morgan fingerprint density at radius 1 is 1.35 bits per heavy atom. The molecule has 0 spiro atoms. The molecule has 6 nitrogen and oxygen atoms in total. The lowest BCUT2D eigenvalue weighted by Gasteiger charge is -2.37. The van der Waals surface area contributed by atoms with Crippen LogP contribution in [0.2, 0.25) is 0 Å². The van der Waals surface area contributed by atoms with Gasteiger partial charge in [-0.3, -0.25) is 4.90 Å². The van der Waals surface area contributed by atoms with Crippen LogP contribution in [0, 0.1) is 0 Å². The first-order chi connectivity index (χ1) is 12.4. The summed E-state index contributed by atoms with van der Waals surface area (Å²) < 4.78 is 31.8.